The number of hydrogen-bond donors (Lipinski definition) is 1. The van der Waals surface area contributed by atoms with Crippen LogP contribution in [0.4, 0.5) is 0 Å². The maximum Gasteiger partial charge on any atom is 0.00940 e. The molecule has 1 aliphatic carbocycles. The third kappa shape index (κ3) is 2.71. The third-order valence-electron chi connectivity index (χ3n) is 3.86. The summed E-state index contributed by atoms with van der Waals surface area (Å²) >= 11 is 0. The molecule has 1 saturated carbocycles. The summed E-state index contributed by atoms with van der Waals surface area (Å²) in [6, 6.07) is 1.68. The van der Waals surface area contributed by atoms with Crippen molar-refractivity contribution in [2.24, 2.45) is 0 Å². The molecule has 0 unspecified atom stereocenters. The molecule has 0 bridgehead atoms. The van der Waals surface area contributed by atoms with Gasteiger partial charge in [0.05, 0.1) is 0 Å². The molecule has 2 fully saturated rings. The van der Waals surface area contributed by atoms with E-state index in [1.165, 1.54) is 58.2 Å². The van der Waals surface area contributed by atoms with Crippen LogP contribution in [0.1, 0.15) is 45.4 Å². The van der Waals surface area contributed by atoms with Gasteiger partial charge in [-0.1, -0.05) is 19.8 Å². The molecule has 2 rings (SSSR count). The lowest BCUT2D eigenvalue weighted by molar-refractivity contribution is 0.199. The van der Waals surface area contributed by atoms with Gasteiger partial charge in [0.1, 0.15) is 0 Å². The standard InChI is InChI=1S/C12H24N2/c1-2-14-9-7-12(8-10-14)13-11-5-3-4-6-11/h11-13H,2-10H2,1H3. The summed E-state index contributed by atoms with van der Waals surface area (Å²) in [4.78, 5) is 2.56. The van der Waals surface area contributed by atoms with E-state index in [0.717, 1.165) is 12.1 Å². The molecular weight excluding hydrogens is 172 g/mol. The number of piperidine rings is 1. The highest BCUT2D eigenvalue weighted by molar-refractivity contribution is 4.82. The number of nitrogens with zero attached hydrogens (tertiary/aromatic N) is 1. The quantitative estimate of drug-likeness (QED) is 0.743. The number of likely N-dealkylation sites (tertiary alicyclic amines) is 1. The molecule has 0 spiro atoms. The van der Waals surface area contributed by atoms with Crippen LogP contribution < -0.4 is 5.32 Å². The van der Waals surface area contributed by atoms with Gasteiger partial charge in [0.2, 0.25) is 0 Å². The minimum absolute atomic E-state index is 0.820. The lowest BCUT2D eigenvalue weighted by Crippen LogP contribution is -2.45. The molecule has 0 amide bonds. The van der Waals surface area contributed by atoms with Gasteiger partial charge in [-0.05, 0) is 45.3 Å². The first-order valence-corrected chi connectivity index (χ1v) is 6.37. The topological polar surface area (TPSA) is 15.3 Å². The third-order valence-corrected chi connectivity index (χ3v) is 3.86. The summed E-state index contributed by atoms with van der Waals surface area (Å²) < 4.78 is 0. The summed E-state index contributed by atoms with van der Waals surface area (Å²) in [5.74, 6) is 0. The molecule has 0 aromatic heterocycles. The lowest BCUT2D eigenvalue weighted by atomic mass is 10.0. The van der Waals surface area contributed by atoms with Gasteiger partial charge in [-0.15, -0.1) is 0 Å². The summed E-state index contributed by atoms with van der Waals surface area (Å²) in [6.45, 7) is 6.11. The van der Waals surface area contributed by atoms with E-state index < -0.39 is 0 Å². The first kappa shape index (κ1) is 10.4. The van der Waals surface area contributed by atoms with Crippen molar-refractivity contribution in [3.8, 4) is 0 Å². The van der Waals surface area contributed by atoms with E-state index in [9.17, 15) is 0 Å². The second-order valence-corrected chi connectivity index (χ2v) is 4.86. The molecule has 14 heavy (non-hydrogen) atoms. The fourth-order valence-electron chi connectivity index (χ4n) is 2.84. The maximum atomic E-state index is 3.84. The van der Waals surface area contributed by atoms with Crippen LogP contribution in [0.25, 0.3) is 0 Å². The van der Waals surface area contributed by atoms with E-state index >= 15 is 0 Å². The number of hydrogen-bond acceptors (Lipinski definition) is 2. The molecule has 2 nitrogen and oxygen atoms in total. The van der Waals surface area contributed by atoms with Gasteiger partial charge in [0.25, 0.3) is 0 Å². The van der Waals surface area contributed by atoms with Crippen LogP contribution >= 0.6 is 0 Å². The van der Waals surface area contributed by atoms with Gasteiger partial charge in [0.15, 0.2) is 0 Å². The summed E-state index contributed by atoms with van der Waals surface area (Å²) in [7, 11) is 0. The lowest BCUT2D eigenvalue weighted by Gasteiger charge is -2.33. The Balaban J connectivity index is 1.67. The highest BCUT2D eigenvalue weighted by atomic mass is 15.1. The second-order valence-electron chi connectivity index (χ2n) is 4.86. The molecular formula is C12H24N2. The van der Waals surface area contributed by atoms with Crippen molar-refractivity contribution in [2.45, 2.75) is 57.5 Å². The van der Waals surface area contributed by atoms with Crippen LogP contribution in [0.15, 0.2) is 0 Å². The number of rotatable bonds is 3. The Morgan fingerprint density at radius 1 is 1.00 bits per heavy atom. The van der Waals surface area contributed by atoms with Gasteiger partial charge >= 0.3 is 0 Å². The Bertz CT molecular complexity index is 156. The minimum Gasteiger partial charge on any atom is -0.311 e. The van der Waals surface area contributed by atoms with Gasteiger partial charge in [-0.25, -0.2) is 0 Å². The Morgan fingerprint density at radius 2 is 1.57 bits per heavy atom. The van der Waals surface area contributed by atoms with E-state index in [1.54, 1.807) is 0 Å². The van der Waals surface area contributed by atoms with Crippen LogP contribution in [-0.2, 0) is 0 Å². The van der Waals surface area contributed by atoms with Crippen LogP contribution in [-0.4, -0.2) is 36.6 Å². The molecule has 0 radical (unpaired) electrons. The zero-order chi connectivity index (χ0) is 9.80. The Labute approximate surface area is 88.1 Å². The SMILES string of the molecule is CCN1CCC(NC2CCCC2)CC1. The fourth-order valence-corrected chi connectivity index (χ4v) is 2.84. The van der Waals surface area contributed by atoms with E-state index in [0.29, 0.717) is 0 Å². The van der Waals surface area contributed by atoms with Gasteiger partial charge in [-0.2, -0.15) is 0 Å². The molecule has 2 aliphatic rings. The average molecular weight is 196 g/mol. The Kier molecular flexibility index (Phi) is 3.82. The van der Waals surface area contributed by atoms with Crippen LogP contribution in [0.5, 0.6) is 0 Å². The highest BCUT2D eigenvalue weighted by Crippen LogP contribution is 2.20. The maximum absolute atomic E-state index is 3.84. The predicted octanol–water partition coefficient (Wildman–Crippen LogP) is 2.00. The summed E-state index contributed by atoms with van der Waals surface area (Å²) in [5, 5.41) is 3.84. The molecule has 1 heterocycles. The van der Waals surface area contributed by atoms with Gasteiger partial charge < -0.3 is 10.2 Å². The molecule has 1 saturated heterocycles. The minimum atomic E-state index is 0.820. The first-order valence-electron chi connectivity index (χ1n) is 6.37. The molecule has 1 N–H and O–H groups in total. The molecule has 0 aromatic rings. The second kappa shape index (κ2) is 5.13. The monoisotopic (exact) mass is 196 g/mol. The zero-order valence-electron chi connectivity index (χ0n) is 9.47. The molecule has 0 aromatic carbocycles. The first-order chi connectivity index (χ1) is 6.88. The van der Waals surface area contributed by atoms with Gasteiger partial charge in [0, 0.05) is 12.1 Å². The van der Waals surface area contributed by atoms with E-state index in [2.05, 4.69) is 17.1 Å². The molecule has 0 atom stereocenters. The summed E-state index contributed by atoms with van der Waals surface area (Å²) in [5.41, 5.74) is 0. The zero-order valence-corrected chi connectivity index (χ0v) is 9.47. The van der Waals surface area contributed by atoms with Crippen molar-refractivity contribution in [3.63, 3.8) is 0 Å². The van der Waals surface area contributed by atoms with Crippen molar-refractivity contribution < 1.29 is 0 Å². The van der Waals surface area contributed by atoms with Crippen molar-refractivity contribution in [1.29, 1.82) is 0 Å². The van der Waals surface area contributed by atoms with Crippen molar-refractivity contribution in [2.75, 3.05) is 19.6 Å². The predicted molar refractivity (Wildman–Crippen MR) is 60.5 cm³/mol. The van der Waals surface area contributed by atoms with Crippen LogP contribution in [0.2, 0.25) is 0 Å². The highest BCUT2D eigenvalue weighted by Gasteiger charge is 2.22. The normalized spacial score (nSPS) is 27.2. The Hall–Kier alpha value is -0.0800. The van der Waals surface area contributed by atoms with Crippen molar-refractivity contribution in [1.82, 2.24) is 10.2 Å². The summed E-state index contributed by atoms with van der Waals surface area (Å²) in [6.07, 6.45) is 8.48. The van der Waals surface area contributed by atoms with Crippen LogP contribution in [0, 0.1) is 0 Å². The largest absolute Gasteiger partial charge is 0.311 e. The van der Waals surface area contributed by atoms with Crippen molar-refractivity contribution in [3.05, 3.63) is 0 Å². The van der Waals surface area contributed by atoms with E-state index in [-0.39, 0.29) is 0 Å². The van der Waals surface area contributed by atoms with E-state index in [1.807, 2.05) is 0 Å². The molecule has 82 valence electrons. The Morgan fingerprint density at radius 3 is 2.14 bits per heavy atom. The fraction of sp³-hybridized carbons (Fsp3) is 1.00. The van der Waals surface area contributed by atoms with E-state index in [4.69, 9.17) is 0 Å². The molecule has 2 heteroatoms. The smallest absolute Gasteiger partial charge is 0.00940 e. The van der Waals surface area contributed by atoms with Crippen LogP contribution in [0.3, 0.4) is 0 Å². The van der Waals surface area contributed by atoms with Gasteiger partial charge in [-0.3, -0.25) is 0 Å². The average Bonchev–Trinajstić information content (AvgIpc) is 2.72. The van der Waals surface area contributed by atoms with Crippen molar-refractivity contribution >= 4 is 0 Å². The molecule has 1 aliphatic heterocycles. The number of nitrogens with one attached hydrogen (secondary N) is 1.